The van der Waals surface area contributed by atoms with Gasteiger partial charge in [-0.15, -0.1) is 0 Å². The van der Waals surface area contributed by atoms with Gasteiger partial charge in [-0.05, 0) is 18.2 Å². The molecule has 0 heterocycles. The van der Waals surface area contributed by atoms with Gasteiger partial charge in [-0.3, -0.25) is 0 Å². The Hall–Kier alpha value is -1.92. The van der Waals surface area contributed by atoms with E-state index in [-0.39, 0.29) is 16.9 Å². The molecule has 1 rings (SSSR count). The van der Waals surface area contributed by atoms with Crippen molar-refractivity contribution in [2.24, 2.45) is 0 Å². The van der Waals surface area contributed by atoms with Crippen LogP contribution in [0.3, 0.4) is 0 Å². The summed E-state index contributed by atoms with van der Waals surface area (Å²) < 4.78 is 40.5. The van der Waals surface area contributed by atoms with Gasteiger partial charge in [-0.2, -0.15) is 13.2 Å². The fraction of sp³-hybridized carbons (Fsp3) is 0.300. The van der Waals surface area contributed by atoms with E-state index in [0.29, 0.717) is 0 Å². The number of anilines is 2. The highest BCUT2D eigenvalue weighted by molar-refractivity contribution is 5.91. The van der Waals surface area contributed by atoms with E-state index in [2.05, 4.69) is 10.1 Å². The monoisotopic (exact) mass is 248 g/mol. The van der Waals surface area contributed by atoms with Crippen molar-refractivity contribution in [2.45, 2.75) is 6.18 Å². The second-order valence-electron chi connectivity index (χ2n) is 3.26. The quantitative estimate of drug-likeness (QED) is 0.634. The largest absolute Gasteiger partial charge is 0.465 e. The number of esters is 1. The van der Waals surface area contributed by atoms with Crippen LogP contribution in [-0.4, -0.2) is 25.8 Å². The van der Waals surface area contributed by atoms with E-state index in [9.17, 15) is 18.0 Å². The maximum atomic E-state index is 12.0. The van der Waals surface area contributed by atoms with Crippen LogP contribution >= 0.6 is 0 Å². The number of alkyl halides is 3. The molecule has 0 bridgehead atoms. The SMILES string of the molecule is COC(=O)c1ccc(N)c(NCC(F)(F)F)c1. The minimum Gasteiger partial charge on any atom is -0.465 e. The Labute approximate surface area is 95.6 Å². The molecule has 94 valence electrons. The number of ether oxygens (including phenoxy) is 1. The number of benzene rings is 1. The lowest BCUT2D eigenvalue weighted by Gasteiger charge is -2.12. The molecule has 4 nitrogen and oxygen atoms in total. The zero-order valence-electron chi connectivity index (χ0n) is 8.97. The summed E-state index contributed by atoms with van der Waals surface area (Å²) >= 11 is 0. The van der Waals surface area contributed by atoms with Crippen molar-refractivity contribution in [3.63, 3.8) is 0 Å². The minimum atomic E-state index is -4.35. The number of nitrogen functional groups attached to an aromatic ring is 1. The van der Waals surface area contributed by atoms with E-state index < -0.39 is 18.7 Å². The van der Waals surface area contributed by atoms with Crippen molar-refractivity contribution in [3.05, 3.63) is 23.8 Å². The van der Waals surface area contributed by atoms with Crippen LogP contribution in [0.25, 0.3) is 0 Å². The van der Waals surface area contributed by atoms with Crippen LogP contribution < -0.4 is 11.1 Å². The predicted octanol–water partition coefficient (Wildman–Crippen LogP) is 2.03. The van der Waals surface area contributed by atoms with Crippen LogP contribution in [0.15, 0.2) is 18.2 Å². The van der Waals surface area contributed by atoms with Gasteiger partial charge in [0.25, 0.3) is 0 Å². The zero-order chi connectivity index (χ0) is 13.1. The lowest BCUT2D eigenvalue weighted by atomic mass is 10.1. The topological polar surface area (TPSA) is 64.3 Å². The zero-order valence-corrected chi connectivity index (χ0v) is 8.97. The maximum Gasteiger partial charge on any atom is 0.405 e. The highest BCUT2D eigenvalue weighted by Gasteiger charge is 2.27. The molecule has 0 unspecified atom stereocenters. The van der Waals surface area contributed by atoms with Crippen LogP contribution in [0.2, 0.25) is 0 Å². The van der Waals surface area contributed by atoms with Crippen LogP contribution in [0.1, 0.15) is 10.4 Å². The van der Waals surface area contributed by atoms with Gasteiger partial charge in [0, 0.05) is 0 Å². The minimum absolute atomic E-state index is 0.0465. The number of rotatable bonds is 3. The van der Waals surface area contributed by atoms with Crippen LogP contribution in [0.5, 0.6) is 0 Å². The second-order valence-corrected chi connectivity index (χ2v) is 3.26. The standard InChI is InChI=1S/C10H11F3N2O2/c1-17-9(16)6-2-3-7(14)8(4-6)15-5-10(11,12)13/h2-4,15H,5,14H2,1H3. The second kappa shape index (κ2) is 4.94. The highest BCUT2D eigenvalue weighted by atomic mass is 19.4. The Balaban J connectivity index is 2.87. The molecule has 0 radical (unpaired) electrons. The van der Waals surface area contributed by atoms with Gasteiger partial charge < -0.3 is 15.8 Å². The molecule has 0 aliphatic rings. The third-order valence-electron chi connectivity index (χ3n) is 1.95. The molecule has 3 N–H and O–H groups in total. The first-order chi connectivity index (χ1) is 7.83. The summed E-state index contributed by atoms with van der Waals surface area (Å²) in [6.45, 7) is -1.22. The van der Waals surface area contributed by atoms with E-state index in [1.54, 1.807) is 0 Å². The smallest absolute Gasteiger partial charge is 0.405 e. The van der Waals surface area contributed by atoms with E-state index in [1.165, 1.54) is 25.3 Å². The molecule has 0 spiro atoms. The maximum absolute atomic E-state index is 12.0. The Morgan fingerprint density at radius 1 is 1.47 bits per heavy atom. The normalized spacial score (nSPS) is 11.1. The third kappa shape index (κ3) is 3.86. The molecule has 0 amide bonds. The van der Waals surface area contributed by atoms with Crippen molar-refractivity contribution in [2.75, 3.05) is 24.7 Å². The number of carbonyl (C=O) groups is 1. The molecule has 1 aromatic carbocycles. The van der Waals surface area contributed by atoms with Crippen LogP contribution in [0.4, 0.5) is 24.5 Å². The summed E-state index contributed by atoms with van der Waals surface area (Å²) in [6, 6.07) is 3.93. The first-order valence-electron chi connectivity index (χ1n) is 4.62. The van der Waals surface area contributed by atoms with Gasteiger partial charge in [0.05, 0.1) is 24.0 Å². The number of nitrogens with one attached hydrogen (secondary N) is 1. The predicted molar refractivity (Wildman–Crippen MR) is 56.7 cm³/mol. The van der Waals surface area contributed by atoms with Gasteiger partial charge in [0.1, 0.15) is 6.54 Å². The molecule has 0 saturated heterocycles. The van der Waals surface area contributed by atoms with Gasteiger partial charge in [-0.1, -0.05) is 0 Å². The van der Waals surface area contributed by atoms with Gasteiger partial charge in [-0.25, -0.2) is 4.79 Å². The number of methoxy groups -OCH3 is 1. The average Bonchev–Trinajstić information content (AvgIpc) is 2.26. The first kappa shape index (κ1) is 13.1. The van der Waals surface area contributed by atoms with Crippen molar-refractivity contribution in [3.8, 4) is 0 Å². The van der Waals surface area contributed by atoms with Crippen LogP contribution in [0, 0.1) is 0 Å². The molecular weight excluding hydrogens is 237 g/mol. The summed E-state index contributed by atoms with van der Waals surface area (Å²) in [7, 11) is 1.18. The van der Waals surface area contributed by atoms with E-state index in [0.717, 1.165) is 0 Å². The molecule has 0 atom stereocenters. The molecule has 0 saturated carbocycles. The van der Waals surface area contributed by atoms with Crippen LogP contribution in [-0.2, 0) is 4.74 Å². The lowest BCUT2D eigenvalue weighted by Crippen LogP contribution is -2.22. The average molecular weight is 248 g/mol. The summed E-state index contributed by atoms with van der Waals surface area (Å²) in [5.41, 5.74) is 5.78. The van der Waals surface area contributed by atoms with Crippen molar-refractivity contribution in [1.82, 2.24) is 0 Å². The lowest BCUT2D eigenvalue weighted by molar-refractivity contribution is -0.115. The molecule has 0 aromatic heterocycles. The number of hydrogen-bond donors (Lipinski definition) is 2. The molecule has 0 aliphatic carbocycles. The number of halogens is 3. The first-order valence-corrected chi connectivity index (χ1v) is 4.62. The summed E-state index contributed by atoms with van der Waals surface area (Å²) in [6.07, 6.45) is -4.35. The number of hydrogen-bond acceptors (Lipinski definition) is 4. The van der Waals surface area contributed by atoms with E-state index in [4.69, 9.17) is 5.73 Å². The fourth-order valence-electron chi connectivity index (χ4n) is 1.15. The summed E-state index contributed by atoms with van der Waals surface area (Å²) in [5.74, 6) is -0.639. The summed E-state index contributed by atoms with van der Waals surface area (Å²) in [5, 5.41) is 2.11. The van der Waals surface area contributed by atoms with Crippen molar-refractivity contribution in [1.29, 1.82) is 0 Å². The molecular formula is C10H11F3N2O2. The van der Waals surface area contributed by atoms with Gasteiger partial charge in [0.2, 0.25) is 0 Å². The third-order valence-corrected chi connectivity index (χ3v) is 1.95. The molecule has 1 aromatic rings. The molecule has 17 heavy (non-hydrogen) atoms. The highest BCUT2D eigenvalue weighted by Crippen LogP contribution is 2.23. The Morgan fingerprint density at radius 2 is 2.12 bits per heavy atom. The van der Waals surface area contributed by atoms with Crippen molar-refractivity contribution >= 4 is 17.3 Å². The van der Waals surface area contributed by atoms with Gasteiger partial charge >= 0.3 is 12.1 Å². The number of carbonyl (C=O) groups excluding carboxylic acids is 1. The van der Waals surface area contributed by atoms with E-state index >= 15 is 0 Å². The van der Waals surface area contributed by atoms with Gasteiger partial charge in [0.15, 0.2) is 0 Å². The molecule has 0 fully saturated rings. The molecule has 0 aliphatic heterocycles. The van der Waals surface area contributed by atoms with Crippen molar-refractivity contribution < 1.29 is 22.7 Å². The number of nitrogens with two attached hydrogens (primary N) is 1. The Morgan fingerprint density at radius 3 is 2.65 bits per heavy atom. The summed E-state index contributed by atoms with van der Waals surface area (Å²) in [4.78, 5) is 11.2. The Bertz CT molecular complexity index is 419. The fourth-order valence-corrected chi connectivity index (χ4v) is 1.15. The molecule has 7 heteroatoms. The Kier molecular flexibility index (Phi) is 3.82. The van der Waals surface area contributed by atoms with E-state index in [1.807, 2.05) is 0 Å².